The van der Waals surface area contributed by atoms with Crippen LogP contribution in [0, 0.1) is 5.41 Å². The molecule has 2 aliphatic carbocycles. The summed E-state index contributed by atoms with van der Waals surface area (Å²) in [6, 6.07) is 152. The molecule has 26 aromatic rings. The molecule has 0 spiro atoms. The number of para-hydroxylation sites is 4. The SMILES string of the molecule is CC1(C)c2ccc(C(=N)c3ccccc3Nc3ccncc3)cc2-c2cc(-c3nc(-c4ccccc4)nc(-c4ccccc4)n3)ccc21.CC1(C)c2ccccc2-c2cc(N(c3ccccc3)c3ccc(-c4cccc(-c5nn(-c6ccncc6)c6ccccc56)c4)cc3)ccc21.c1cc(-c2nc(-c3cccc4c3sc3ccccc34)nc(-c3cccc4c3sc3ccccc34)n2)cc(-c2nn(-c3ccncc3)c3ccccc23)c1. The van der Waals surface area contributed by atoms with E-state index in [1.54, 1.807) is 59.9 Å². The lowest BCUT2D eigenvalue weighted by molar-refractivity contribution is 0.660. The molecule has 2 aliphatic rings. The van der Waals surface area contributed by atoms with Crippen LogP contribution in [-0.2, 0) is 10.8 Å². The number of nitrogens with zero attached hydrogens (tertiary/aromatic N) is 14. The highest BCUT2D eigenvalue weighted by atomic mass is 32.1. The molecule has 2 N–H and O–H groups in total. The number of hydrogen-bond acceptors (Lipinski definition) is 16. The van der Waals surface area contributed by atoms with Crippen molar-refractivity contribution in [3.63, 3.8) is 0 Å². The third kappa shape index (κ3) is 16.6. The number of pyridine rings is 3. The Kier molecular flexibility index (Phi) is 23.1. The molecule has 150 heavy (non-hydrogen) atoms. The van der Waals surface area contributed by atoms with Gasteiger partial charge in [-0.15, -0.1) is 22.7 Å². The largest absolute Gasteiger partial charge is 0.355 e. The van der Waals surface area contributed by atoms with E-state index >= 15 is 0 Å². The molecular formula is C132H92N16S2. The van der Waals surface area contributed by atoms with Gasteiger partial charge < -0.3 is 10.2 Å². The minimum atomic E-state index is -0.200. The molecule has 18 heteroatoms. The highest BCUT2D eigenvalue weighted by Gasteiger charge is 2.39. The molecule has 0 saturated carbocycles. The average molecular weight is 1970 g/mol. The number of nitrogens with one attached hydrogen (secondary N) is 2. The first-order valence-electron chi connectivity index (χ1n) is 50.1. The van der Waals surface area contributed by atoms with Crippen molar-refractivity contribution >= 4 is 119 Å². The van der Waals surface area contributed by atoms with Gasteiger partial charge in [0.05, 0.1) is 28.1 Å². The molecule has 0 amide bonds. The molecule has 0 bridgehead atoms. The van der Waals surface area contributed by atoms with E-state index in [2.05, 4.69) is 362 Å². The van der Waals surface area contributed by atoms with Crippen LogP contribution >= 0.6 is 22.7 Å². The van der Waals surface area contributed by atoms with Gasteiger partial charge in [-0.05, 0) is 195 Å². The zero-order valence-electron chi connectivity index (χ0n) is 82.1. The second-order valence-electron chi connectivity index (χ2n) is 38.6. The minimum Gasteiger partial charge on any atom is -0.355 e. The van der Waals surface area contributed by atoms with Gasteiger partial charge in [0.1, 0.15) is 11.4 Å². The van der Waals surface area contributed by atoms with Crippen molar-refractivity contribution in [2.24, 2.45) is 0 Å². The molecule has 17 aromatic carbocycles. The van der Waals surface area contributed by atoms with Gasteiger partial charge in [-0.25, -0.2) is 39.3 Å². The summed E-state index contributed by atoms with van der Waals surface area (Å²) >= 11 is 3.56. The van der Waals surface area contributed by atoms with E-state index in [0.717, 1.165) is 151 Å². The molecular weight excluding hydrogens is 1870 g/mol. The monoisotopic (exact) mass is 1960 g/mol. The van der Waals surface area contributed by atoms with Crippen molar-refractivity contribution in [3.05, 3.63) is 507 Å². The van der Waals surface area contributed by atoms with Gasteiger partial charge >= 0.3 is 0 Å². The highest BCUT2D eigenvalue weighted by Crippen LogP contribution is 2.54. The molecule has 28 rings (SSSR count). The molecule has 712 valence electrons. The third-order valence-electron chi connectivity index (χ3n) is 28.8. The fourth-order valence-electron chi connectivity index (χ4n) is 21.4. The summed E-state index contributed by atoms with van der Waals surface area (Å²) in [5.74, 6) is 3.81. The molecule has 0 fully saturated rings. The Morgan fingerprint density at radius 1 is 0.273 bits per heavy atom. The van der Waals surface area contributed by atoms with Crippen LogP contribution in [0.4, 0.5) is 28.4 Å². The van der Waals surface area contributed by atoms with Crippen LogP contribution in [0.1, 0.15) is 61.1 Å². The number of fused-ring (bicyclic) bond motifs is 14. The number of aromatic nitrogens is 13. The van der Waals surface area contributed by atoms with E-state index in [9.17, 15) is 5.41 Å². The van der Waals surface area contributed by atoms with Gasteiger partial charge in [0.15, 0.2) is 34.9 Å². The molecule has 9 aromatic heterocycles. The topological polar surface area (TPSA) is 191 Å². The van der Waals surface area contributed by atoms with Gasteiger partial charge in [-0.3, -0.25) is 20.4 Å². The van der Waals surface area contributed by atoms with Crippen molar-refractivity contribution in [2.45, 2.75) is 38.5 Å². The Morgan fingerprint density at radius 2 is 0.653 bits per heavy atom. The summed E-state index contributed by atoms with van der Waals surface area (Å²) < 4.78 is 8.80. The molecule has 0 unspecified atom stereocenters. The molecule has 16 nitrogen and oxygen atoms in total. The fraction of sp³-hybridized carbons (Fsp3) is 0.0455. The van der Waals surface area contributed by atoms with Crippen LogP contribution in [0.15, 0.2) is 474 Å². The molecule has 9 heterocycles. The summed E-state index contributed by atoms with van der Waals surface area (Å²) in [7, 11) is 0. The normalized spacial score (nSPS) is 12.4. The van der Waals surface area contributed by atoms with Gasteiger partial charge in [0.2, 0.25) is 0 Å². The van der Waals surface area contributed by atoms with Crippen molar-refractivity contribution in [2.75, 3.05) is 10.2 Å². The summed E-state index contributed by atoms with van der Waals surface area (Å²) in [6.07, 6.45) is 10.7. The van der Waals surface area contributed by atoms with Gasteiger partial charge in [0, 0.05) is 183 Å². The third-order valence-corrected chi connectivity index (χ3v) is 31.3. The Morgan fingerprint density at radius 3 is 1.23 bits per heavy atom. The summed E-state index contributed by atoms with van der Waals surface area (Å²) in [4.78, 5) is 45.5. The molecule has 0 saturated heterocycles. The Labute approximate surface area is 874 Å². The van der Waals surface area contributed by atoms with Crippen molar-refractivity contribution in [1.29, 1.82) is 5.41 Å². The lowest BCUT2D eigenvalue weighted by atomic mass is 9.82. The molecule has 0 aliphatic heterocycles. The second kappa shape index (κ2) is 38.1. The maximum Gasteiger partial charge on any atom is 0.165 e. The van der Waals surface area contributed by atoms with E-state index in [1.807, 2.05) is 137 Å². The summed E-state index contributed by atoms with van der Waals surface area (Å²) in [5, 5.41) is 30.1. The van der Waals surface area contributed by atoms with Crippen LogP contribution in [0.3, 0.4) is 0 Å². The quantitative estimate of drug-likeness (QED) is 0.0772. The van der Waals surface area contributed by atoms with E-state index in [-0.39, 0.29) is 10.8 Å². The lowest BCUT2D eigenvalue weighted by Crippen LogP contribution is -2.15. The second-order valence-corrected chi connectivity index (χ2v) is 40.7. The van der Waals surface area contributed by atoms with Crippen LogP contribution in [0.2, 0.25) is 0 Å². The first kappa shape index (κ1) is 90.8. The summed E-state index contributed by atoms with van der Waals surface area (Å²) in [6.45, 7) is 9.19. The van der Waals surface area contributed by atoms with E-state index in [1.165, 1.54) is 73.7 Å². The van der Waals surface area contributed by atoms with E-state index in [4.69, 9.17) is 40.1 Å². The molecule has 0 atom stereocenters. The first-order chi connectivity index (χ1) is 73.8. The van der Waals surface area contributed by atoms with Crippen LogP contribution in [0.25, 0.3) is 198 Å². The van der Waals surface area contributed by atoms with Crippen LogP contribution in [-0.4, -0.2) is 70.1 Å². The maximum absolute atomic E-state index is 9.33. The smallest absolute Gasteiger partial charge is 0.165 e. The average Bonchev–Trinajstić information content (AvgIpc) is 1.56. The predicted molar refractivity (Wildman–Crippen MR) is 615 cm³/mol. The van der Waals surface area contributed by atoms with E-state index < -0.39 is 0 Å². The van der Waals surface area contributed by atoms with E-state index in [0.29, 0.717) is 40.7 Å². The fourth-order valence-corrected chi connectivity index (χ4v) is 23.8. The van der Waals surface area contributed by atoms with Crippen molar-refractivity contribution < 1.29 is 0 Å². The van der Waals surface area contributed by atoms with Crippen molar-refractivity contribution in [1.82, 2.24) is 64.4 Å². The summed E-state index contributed by atoms with van der Waals surface area (Å²) in [5.41, 5.74) is 33.1. The number of thiophene rings is 2. The zero-order valence-corrected chi connectivity index (χ0v) is 83.7. The number of rotatable bonds is 18. The molecule has 0 radical (unpaired) electrons. The van der Waals surface area contributed by atoms with Gasteiger partial charge in [0.25, 0.3) is 0 Å². The Hall–Kier alpha value is -19.1. The standard InChI is InChI=1S/C45H26N6S2.C45H34N4.C42H32N6/c1-4-19-37-34(14-1)40(50-51(37)29-22-24-46-25-23-29)27-10-7-11-28(26-27)43-47-44(35-17-8-15-32-30-12-2-5-20-38(30)52-41(32)35)49-45(48-43)36-18-9-16-33-31-13-3-6-21-39(31)53-42(33)36;1-45(2)41-17-8-6-15-38(41)40-30-37(23-24-42(40)45)48(34-13-4-3-5-14-34)35-21-19-31(20-22-35)32-11-10-12-33(29-32)44-39-16-7-9-18-43(39)49(47-44)36-25-27-46-28-26-36;1-42(2)35-19-17-29(38(43)32-15-9-10-16-37(32)45-31-21-23-44-24-22-31)25-33(35)34-26-30(18-20-36(34)42)41-47-39(27-11-5-3-6-12-27)46-40(48-41)28-13-7-4-8-14-28/h1-26H;3-30H,1-2H3;3-26,43H,1-2H3,(H,44,45). The predicted octanol–water partition coefficient (Wildman–Crippen LogP) is 33.3. The van der Waals surface area contributed by atoms with Crippen LogP contribution in [0.5, 0.6) is 0 Å². The maximum atomic E-state index is 9.33. The van der Waals surface area contributed by atoms with Gasteiger partial charge in [-0.2, -0.15) is 10.2 Å². The minimum absolute atomic E-state index is 0.0261. The number of anilines is 5. The van der Waals surface area contributed by atoms with Crippen molar-refractivity contribution in [3.8, 4) is 136 Å². The zero-order chi connectivity index (χ0) is 100. The number of benzene rings is 17. The Balaban J connectivity index is 0.000000114. The first-order valence-corrected chi connectivity index (χ1v) is 51.7. The van der Waals surface area contributed by atoms with Gasteiger partial charge in [-0.1, -0.05) is 325 Å². The number of hydrogen-bond donors (Lipinski definition) is 2. The Bertz CT molecular complexity index is 9520. The highest BCUT2D eigenvalue weighted by molar-refractivity contribution is 7.26. The van der Waals surface area contributed by atoms with Crippen LogP contribution < -0.4 is 10.2 Å². The lowest BCUT2D eigenvalue weighted by Gasteiger charge is -2.27.